The maximum Gasteiger partial charge on any atom is 0.140 e. The fourth-order valence-corrected chi connectivity index (χ4v) is 3.69. The third-order valence-corrected chi connectivity index (χ3v) is 4.33. The summed E-state index contributed by atoms with van der Waals surface area (Å²) in [6.45, 7) is 16.1. The van der Waals surface area contributed by atoms with Crippen molar-refractivity contribution in [2.24, 2.45) is 5.92 Å². The van der Waals surface area contributed by atoms with Gasteiger partial charge in [0, 0.05) is 38.4 Å². The summed E-state index contributed by atoms with van der Waals surface area (Å²) >= 11 is 0. The lowest BCUT2D eigenvalue weighted by atomic mass is 9.99. The van der Waals surface area contributed by atoms with E-state index in [2.05, 4.69) is 34.8 Å². The second kappa shape index (κ2) is 4.56. The summed E-state index contributed by atoms with van der Waals surface area (Å²) in [6, 6.07) is 0. The lowest BCUT2D eigenvalue weighted by Crippen LogP contribution is -2.68. The van der Waals surface area contributed by atoms with Crippen LogP contribution in [0.25, 0.3) is 0 Å². The lowest BCUT2D eigenvalue weighted by Gasteiger charge is -2.57. The largest absolute Gasteiger partial charge is 0.343 e. The van der Waals surface area contributed by atoms with Crippen molar-refractivity contribution in [2.75, 3.05) is 32.7 Å². The van der Waals surface area contributed by atoms with E-state index in [-0.39, 0.29) is 0 Å². The molecule has 0 aromatic rings. The molecule has 2 unspecified atom stereocenters. The van der Waals surface area contributed by atoms with Gasteiger partial charge in [0.15, 0.2) is 0 Å². The van der Waals surface area contributed by atoms with Gasteiger partial charge in [0.25, 0.3) is 0 Å². The third kappa shape index (κ3) is 1.73. The minimum atomic E-state index is 0.464. The normalized spacial score (nSPS) is 33.3. The molecule has 0 aliphatic carbocycles. The van der Waals surface area contributed by atoms with Gasteiger partial charge in [-0.15, -0.1) is 0 Å². The Bertz CT molecular complexity index is 399. The van der Waals surface area contributed by atoms with Crippen LogP contribution in [-0.2, 0) is 0 Å². The van der Waals surface area contributed by atoms with Gasteiger partial charge in [-0.25, -0.2) is 0 Å². The monoisotopic (exact) mass is 245 g/mol. The van der Waals surface area contributed by atoms with E-state index in [0.29, 0.717) is 6.29 Å². The molecule has 3 aliphatic rings. The summed E-state index contributed by atoms with van der Waals surface area (Å²) in [5, 5.41) is 0. The van der Waals surface area contributed by atoms with Crippen LogP contribution in [0.2, 0.25) is 0 Å². The Kier molecular flexibility index (Phi) is 3.04. The van der Waals surface area contributed by atoms with Gasteiger partial charge in [0.2, 0.25) is 0 Å². The first-order valence-corrected chi connectivity index (χ1v) is 6.97. The van der Waals surface area contributed by atoms with Crippen molar-refractivity contribution in [2.45, 2.75) is 19.6 Å². The zero-order chi connectivity index (χ0) is 12.7. The van der Waals surface area contributed by atoms with Gasteiger partial charge < -0.3 is 4.90 Å². The highest BCUT2D eigenvalue weighted by Crippen LogP contribution is 2.34. The first-order valence-electron chi connectivity index (χ1n) is 6.97. The minimum absolute atomic E-state index is 0.464. The van der Waals surface area contributed by atoms with E-state index in [1.165, 1.54) is 37.3 Å². The van der Waals surface area contributed by atoms with E-state index >= 15 is 0 Å². The summed E-state index contributed by atoms with van der Waals surface area (Å²) in [6.07, 6.45) is 5.77. The van der Waals surface area contributed by atoms with Crippen LogP contribution < -0.4 is 0 Å². The fraction of sp³-hybridized carbons (Fsp3) is 0.600. The molecule has 3 nitrogen and oxygen atoms in total. The summed E-state index contributed by atoms with van der Waals surface area (Å²) in [5.41, 5.74) is 2.63. The van der Waals surface area contributed by atoms with Crippen molar-refractivity contribution in [3.05, 3.63) is 36.6 Å². The molecule has 98 valence electrons. The van der Waals surface area contributed by atoms with Gasteiger partial charge >= 0.3 is 0 Å². The highest BCUT2D eigenvalue weighted by Gasteiger charge is 2.42. The molecule has 0 radical (unpaired) electrons. The van der Waals surface area contributed by atoms with Gasteiger partial charge in [0.1, 0.15) is 6.29 Å². The Hall–Kier alpha value is -1.06. The highest BCUT2D eigenvalue weighted by atomic mass is 15.5. The van der Waals surface area contributed by atoms with Crippen LogP contribution in [0.5, 0.6) is 0 Å². The molecule has 18 heavy (non-hydrogen) atoms. The number of hydrogen-bond acceptors (Lipinski definition) is 3. The number of allylic oxidation sites excluding steroid dienone is 1. The van der Waals surface area contributed by atoms with Crippen molar-refractivity contribution < 1.29 is 0 Å². The van der Waals surface area contributed by atoms with E-state index in [0.717, 1.165) is 19.0 Å². The van der Waals surface area contributed by atoms with Gasteiger partial charge in [-0.05, 0) is 24.0 Å². The Balaban J connectivity index is 2.01. The summed E-state index contributed by atoms with van der Waals surface area (Å²) < 4.78 is 0. The number of rotatable bonds is 2. The minimum Gasteiger partial charge on any atom is -0.343 e. The van der Waals surface area contributed by atoms with E-state index in [1.54, 1.807) is 0 Å². The average molecular weight is 245 g/mol. The Morgan fingerprint density at radius 2 is 1.89 bits per heavy atom. The van der Waals surface area contributed by atoms with Gasteiger partial charge in [-0.1, -0.05) is 26.2 Å². The smallest absolute Gasteiger partial charge is 0.140 e. The molecule has 0 N–H and O–H groups in total. The van der Waals surface area contributed by atoms with Crippen LogP contribution in [0.4, 0.5) is 0 Å². The Labute approximate surface area is 110 Å². The summed E-state index contributed by atoms with van der Waals surface area (Å²) in [5.74, 6) is 0.723. The molecular weight excluding hydrogens is 222 g/mol. The van der Waals surface area contributed by atoms with Gasteiger partial charge in [0.05, 0.1) is 0 Å². The van der Waals surface area contributed by atoms with Gasteiger partial charge in [-0.3, -0.25) is 9.80 Å². The van der Waals surface area contributed by atoms with Crippen molar-refractivity contribution in [1.29, 1.82) is 0 Å². The van der Waals surface area contributed by atoms with Crippen LogP contribution in [0.3, 0.4) is 0 Å². The van der Waals surface area contributed by atoms with Crippen molar-refractivity contribution in [1.82, 2.24) is 14.7 Å². The average Bonchev–Trinajstić information content (AvgIpc) is 2.38. The number of nitrogens with zero attached hydrogens (tertiary/aromatic N) is 3. The SMILES string of the molecule is C=CC1=C(C=C)N2CC(C)CN3CCCN(C1)C32. The zero-order valence-corrected chi connectivity index (χ0v) is 11.3. The molecule has 2 fully saturated rings. The fourth-order valence-electron chi connectivity index (χ4n) is 3.69. The second-order valence-corrected chi connectivity index (χ2v) is 5.74. The lowest BCUT2D eigenvalue weighted by molar-refractivity contribution is -0.121. The molecule has 0 saturated carbocycles. The molecule has 2 atom stereocenters. The third-order valence-electron chi connectivity index (χ3n) is 4.33. The van der Waals surface area contributed by atoms with Gasteiger partial charge in [-0.2, -0.15) is 0 Å². The standard InChI is InChI=1S/C15H23N3/c1-4-13-11-17-8-6-7-16-9-12(3)10-18(15(16)17)14(13)5-2/h4-5,12,15H,1-2,6-11H2,3H3. The maximum absolute atomic E-state index is 4.01. The molecule has 3 rings (SSSR count). The molecule has 0 aromatic carbocycles. The first kappa shape index (κ1) is 12.0. The van der Waals surface area contributed by atoms with Crippen molar-refractivity contribution in [3.63, 3.8) is 0 Å². The molecule has 2 saturated heterocycles. The summed E-state index contributed by atoms with van der Waals surface area (Å²) in [4.78, 5) is 7.74. The van der Waals surface area contributed by atoms with Crippen LogP contribution in [0.1, 0.15) is 13.3 Å². The Morgan fingerprint density at radius 1 is 1.11 bits per heavy atom. The topological polar surface area (TPSA) is 9.72 Å². The first-order chi connectivity index (χ1) is 8.74. The maximum atomic E-state index is 4.01. The predicted octanol–water partition coefficient (Wildman–Crippen LogP) is 1.87. The van der Waals surface area contributed by atoms with E-state index in [9.17, 15) is 0 Å². The van der Waals surface area contributed by atoms with Crippen LogP contribution in [0, 0.1) is 5.92 Å². The Morgan fingerprint density at radius 3 is 2.61 bits per heavy atom. The highest BCUT2D eigenvalue weighted by molar-refractivity contribution is 5.34. The quantitative estimate of drug-likeness (QED) is 0.735. The van der Waals surface area contributed by atoms with E-state index < -0.39 is 0 Å². The molecule has 0 amide bonds. The van der Waals surface area contributed by atoms with E-state index in [1.807, 2.05) is 12.2 Å². The van der Waals surface area contributed by atoms with Crippen LogP contribution in [-0.4, -0.2) is 53.7 Å². The van der Waals surface area contributed by atoms with Crippen LogP contribution >= 0.6 is 0 Å². The predicted molar refractivity (Wildman–Crippen MR) is 74.8 cm³/mol. The zero-order valence-electron chi connectivity index (χ0n) is 11.3. The molecule has 3 aliphatic heterocycles. The molecule has 3 heteroatoms. The van der Waals surface area contributed by atoms with E-state index in [4.69, 9.17) is 0 Å². The van der Waals surface area contributed by atoms with Crippen molar-refractivity contribution in [3.8, 4) is 0 Å². The molecule has 3 heterocycles. The number of hydrogen-bond donors (Lipinski definition) is 0. The molecule has 0 bridgehead atoms. The molecule has 0 aromatic heterocycles. The molecular formula is C15H23N3. The second-order valence-electron chi connectivity index (χ2n) is 5.74. The summed E-state index contributed by atoms with van der Waals surface area (Å²) in [7, 11) is 0. The van der Waals surface area contributed by atoms with Crippen LogP contribution in [0.15, 0.2) is 36.6 Å². The molecule has 0 spiro atoms. The van der Waals surface area contributed by atoms with Crippen molar-refractivity contribution >= 4 is 0 Å².